The summed E-state index contributed by atoms with van der Waals surface area (Å²) in [5.74, 6) is 1.65. The van der Waals surface area contributed by atoms with Crippen molar-refractivity contribution in [2.75, 3.05) is 0 Å². The van der Waals surface area contributed by atoms with E-state index in [0.717, 1.165) is 17.1 Å². The SMILES string of the molecule is Cc1cc(CC(=O)S)c(C)o1. The highest BCUT2D eigenvalue weighted by Gasteiger charge is 2.06. The average Bonchev–Trinajstić information content (AvgIpc) is 2.09. The molecule has 0 unspecified atom stereocenters. The van der Waals surface area contributed by atoms with E-state index in [0.29, 0.717) is 6.42 Å². The van der Waals surface area contributed by atoms with Crippen molar-refractivity contribution in [3.8, 4) is 0 Å². The van der Waals surface area contributed by atoms with Crippen LogP contribution in [0.5, 0.6) is 0 Å². The summed E-state index contributed by atoms with van der Waals surface area (Å²) in [4.78, 5) is 10.6. The molecule has 0 aliphatic heterocycles. The minimum atomic E-state index is -0.131. The zero-order valence-corrected chi connectivity index (χ0v) is 7.44. The quantitative estimate of drug-likeness (QED) is 0.687. The first-order valence-electron chi connectivity index (χ1n) is 3.37. The minimum Gasteiger partial charge on any atom is -0.466 e. The molecule has 0 amide bonds. The van der Waals surface area contributed by atoms with Crippen molar-refractivity contribution in [2.24, 2.45) is 0 Å². The molecule has 0 fully saturated rings. The number of carbonyl (C=O) groups excluding carboxylic acids is 1. The Morgan fingerprint density at radius 1 is 1.64 bits per heavy atom. The summed E-state index contributed by atoms with van der Waals surface area (Å²) < 4.78 is 5.23. The lowest BCUT2D eigenvalue weighted by Crippen LogP contribution is -1.92. The van der Waals surface area contributed by atoms with Crippen molar-refractivity contribution < 1.29 is 9.21 Å². The van der Waals surface area contributed by atoms with E-state index in [4.69, 9.17) is 4.42 Å². The van der Waals surface area contributed by atoms with Gasteiger partial charge in [-0.25, -0.2) is 0 Å². The Labute approximate surface area is 71.0 Å². The van der Waals surface area contributed by atoms with Crippen LogP contribution < -0.4 is 0 Å². The Bertz CT molecular complexity index is 276. The van der Waals surface area contributed by atoms with E-state index in [1.54, 1.807) is 0 Å². The van der Waals surface area contributed by atoms with Gasteiger partial charge in [0, 0.05) is 12.0 Å². The zero-order valence-electron chi connectivity index (χ0n) is 6.55. The molecule has 1 heterocycles. The van der Waals surface area contributed by atoms with E-state index in [9.17, 15) is 4.79 Å². The van der Waals surface area contributed by atoms with Crippen LogP contribution in [0.4, 0.5) is 0 Å². The van der Waals surface area contributed by atoms with Gasteiger partial charge in [0.1, 0.15) is 11.5 Å². The number of rotatable bonds is 2. The van der Waals surface area contributed by atoms with Crippen molar-refractivity contribution in [3.63, 3.8) is 0 Å². The highest BCUT2D eigenvalue weighted by atomic mass is 32.1. The summed E-state index contributed by atoms with van der Waals surface area (Å²) in [6.07, 6.45) is 0.353. The molecule has 3 heteroatoms. The second-order valence-corrected chi connectivity index (χ2v) is 3.01. The van der Waals surface area contributed by atoms with Crippen LogP contribution in [0.25, 0.3) is 0 Å². The molecule has 0 radical (unpaired) electrons. The van der Waals surface area contributed by atoms with Gasteiger partial charge in [0.25, 0.3) is 0 Å². The van der Waals surface area contributed by atoms with Crippen LogP contribution in [-0.2, 0) is 11.2 Å². The Balaban J connectivity index is 2.85. The molecule has 0 N–H and O–H groups in total. The van der Waals surface area contributed by atoms with Gasteiger partial charge in [-0.3, -0.25) is 4.79 Å². The monoisotopic (exact) mass is 170 g/mol. The van der Waals surface area contributed by atoms with E-state index < -0.39 is 0 Å². The fourth-order valence-electron chi connectivity index (χ4n) is 1.02. The number of hydrogen-bond donors (Lipinski definition) is 1. The fraction of sp³-hybridized carbons (Fsp3) is 0.375. The molecule has 2 nitrogen and oxygen atoms in total. The Morgan fingerprint density at radius 2 is 2.27 bits per heavy atom. The van der Waals surface area contributed by atoms with Crippen molar-refractivity contribution in [1.82, 2.24) is 0 Å². The Kier molecular flexibility index (Phi) is 2.39. The molecule has 0 saturated heterocycles. The lowest BCUT2D eigenvalue weighted by atomic mass is 10.2. The maximum absolute atomic E-state index is 10.6. The summed E-state index contributed by atoms with van der Waals surface area (Å²) in [7, 11) is 0. The maximum atomic E-state index is 10.6. The molecular formula is C8H10O2S. The molecule has 0 bridgehead atoms. The molecule has 1 aromatic rings. The molecule has 1 rings (SSSR count). The summed E-state index contributed by atoms with van der Waals surface area (Å²) in [6.45, 7) is 3.71. The van der Waals surface area contributed by atoms with Crippen molar-refractivity contribution in [2.45, 2.75) is 20.3 Å². The third kappa shape index (κ3) is 2.12. The van der Waals surface area contributed by atoms with Gasteiger partial charge in [-0.05, 0) is 19.9 Å². The van der Waals surface area contributed by atoms with Crippen LogP contribution in [0.15, 0.2) is 10.5 Å². The largest absolute Gasteiger partial charge is 0.466 e. The second-order valence-electron chi connectivity index (χ2n) is 2.51. The lowest BCUT2D eigenvalue weighted by molar-refractivity contribution is -0.110. The first kappa shape index (κ1) is 8.40. The van der Waals surface area contributed by atoms with Crippen LogP contribution in [0.2, 0.25) is 0 Å². The lowest BCUT2D eigenvalue weighted by Gasteiger charge is -1.90. The molecule has 0 atom stereocenters. The highest BCUT2D eigenvalue weighted by molar-refractivity contribution is 7.96. The third-order valence-electron chi connectivity index (χ3n) is 1.49. The standard InChI is InChI=1S/C8H10O2S/c1-5-3-7(4-8(9)11)6(2)10-5/h3H,4H2,1-2H3,(H,9,11). The molecular weight excluding hydrogens is 160 g/mol. The first-order chi connectivity index (χ1) is 5.09. The predicted octanol–water partition coefficient (Wildman–Crippen LogP) is 1.90. The van der Waals surface area contributed by atoms with E-state index in [1.165, 1.54) is 0 Å². The molecule has 60 valence electrons. The molecule has 11 heavy (non-hydrogen) atoms. The van der Waals surface area contributed by atoms with Gasteiger partial charge in [0.05, 0.1) is 0 Å². The van der Waals surface area contributed by atoms with Crippen LogP contribution >= 0.6 is 12.6 Å². The third-order valence-corrected chi connectivity index (χ3v) is 1.64. The number of carbonyl (C=O) groups is 1. The summed E-state index contributed by atoms with van der Waals surface area (Å²) in [5, 5.41) is -0.131. The number of thiol groups is 1. The van der Waals surface area contributed by atoms with Crippen molar-refractivity contribution in [3.05, 3.63) is 23.2 Å². The Morgan fingerprint density at radius 3 is 2.64 bits per heavy atom. The van der Waals surface area contributed by atoms with E-state index in [1.807, 2.05) is 19.9 Å². The minimum absolute atomic E-state index is 0.131. The maximum Gasteiger partial charge on any atom is 0.190 e. The van der Waals surface area contributed by atoms with Gasteiger partial charge in [0.2, 0.25) is 0 Å². The van der Waals surface area contributed by atoms with Gasteiger partial charge < -0.3 is 4.42 Å². The first-order valence-corrected chi connectivity index (χ1v) is 3.82. The fourth-order valence-corrected chi connectivity index (χ4v) is 1.19. The summed E-state index contributed by atoms with van der Waals surface area (Å²) in [6, 6.07) is 1.86. The van der Waals surface area contributed by atoms with E-state index >= 15 is 0 Å². The predicted molar refractivity (Wildman–Crippen MR) is 45.9 cm³/mol. The van der Waals surface area contributed by atoms with Gasteiger partial charge in [-0.1, -0.05) is 0 Å². The van der Waals surface area contributed by atoms with Crippen LogP contribution in [0.3, 0.4) is 0 Å². The van der Waals surface area contributed by atoms with Crippen molar-refractivity contribution in [1.29, 1.82) is 0 Å². The number of aryl methyl sites for hydroxylation is 2. The topological polar surface area (TPSA) is 30.2 Å². The second kappa shape index (κ2) is 3.13. The van der Waals surface area contributed by atoms with Gasteiger partial charge >= 0.3 is 0 Å². The van der Waals surface area contributed by atoms with Gasteiger partial charge in [0.15, 0.2) is 5.12 Å². The molecule has 0 saturated carbocycles. The zero-order chi connectivity index (χ0) is 8.43. The van der Waals surface area contributed by atoms with Crippen LogP contribution in [0, 0.1) is 13.8 Å². The molecule has 0 spiro atoms. The molecule has 0 aromatic carbocycles. The van der Waals surface area contributed by atoms with E-state index in [-0.39, 0.29) is 5.12 Å². The van der Waals surface area contributed by atoms with Crippen LogP contribution in [-0.4, -0.2) is 5.12 Å². The smallest absolute Gasteiger partial charge is 0.190 e. The highest BCUT2D eigenvalue weighted by Crippen LogP contribution is 2.14. The Hall–Kier alpha value is -0.700. The molecule has 0 aliphatic rings. The van der Waals surface area contributed by atoms with Gasteiger partial charge in [-0.15, -0.1) is 12.6 Å². The van der Waals surface area contributed by atoms with Crippen LogP contribution in [0.1, 0.15) is 17.1 Å². The van der Waals surface area contributed by atoms with Crippen molar-refractivity contribution >= 4 is 17.7 Å². The van der Waals surface area contributed by atoms with Gasteiger partial charge in [-0.2, -0.15) is 0 Å². The summed E-state index contributed by atoms with van der Waals surface area (Å²) in [5.41, 5.74) is 0.933. The van der Waals surface area contributed by atoms with E-state index in [2.05, 4.69) is 12.6 Å². The number of furan rings is 1. The molecule has 0 aliphatic carbocycles. The molecule has 1 aromatic heterocycles. The summed E-state index contributed by atoms with van der Waals surface area (Å²) >= 11 is 3.69. The normalized spacial score (nSPS) is 10.1. The number of hydrogen-bond acceptors (Lipinski definition) is 2. The average molecular weight is 170 g/mol.